The highest BCUT2D eigenvalue weighted by atomic mass is 16.5. The normalized spacial score (nSPS) is 13.4. The Balaban J connectivity index is 1.36. The topological polar surface area (TPSA) is 88.8 Å². The molecule has 3 aromatic carbocycles. The van der Waals surface area contributed by atoms with Crippen LogP contribution in [-0.2, 0) is 9.53 Å². The average Bonchev–Trinajstić information content (AvgIpc) is 3.31. The molecule has 1 atom stereocenters. The summed E-state index contributed by atoms with van der Waals surface area (Å²) >= 11 is 0. The van der Waals surface area contributed by atoms with E-state index in [0.29, 0.717) is 16.9 Å². The van der Waals surface area contributed by atoms with Gasteiger partial charge in [-0.1, -0.05) is 66.7 Å². The van der Waals surface area contributed by atoms with E-state index in [9.17, 15) is 14.7 Å². The molecule has 0 bridgehead atoms. The third-order valence-corrected chi connectivity index (χ3v) is 6.18. The molecule has 33 heavy (non-hydrogen) atoms. The number of rotatable bonds is 6. The van der Waals surface area contributed by atoms with Crippen LogP contribution in [0.15, 0.2) is 77.2 Å². The molecule has 5 rings (SSSR count). The van der Waals surface area contributed by atoms with E-state index in [0.717, 1.165) is 27.6 Å². The lowest BCUT2D eigenvalue weighted by atomic mass is 9.98. The van der Waals surface area contributed by atoms with Crippen molar-refractivity contribution in [2.45, 2.75) is 25.3 Å². The molecule has 1 aliphatic carbocycles. The van der Waals surface area contributed by atoms with Gasteiger partial charge in [-0.25, -0.2) is 4.79 Å². The van der Waals surface area contributed by atoms with Crippen LogP contribution in [0, 0.1) is 6.92 Å². The molecule has 1 aromatic heterocycles. The van der Waals surface area contributed by atoms with Crippen LogP contribution in [0.4, 0.5) is 4.79 Å². The Morgan fingerprint density at radius 3 is 2.24 bits per heavy atom. The monoisotopic (exact) mass is 441 g/mol. The number of carbonyl (C=O) groups is 2. The summed E-state index contributed by atoms with van der Waals surface area (Å²) < 4.78 is 11.4. The number of amides is 1. The number of aliphatic carboxylic acids is 1. The zero-order chi connectivity index (χ0) is 22.9. The summed E-state index contributed by atoms with van der Waals surface area (Å²) in [4.78, 5) is 24.4. The molecule has 166 valence electrons. The number of furan rings is 1. The number of ether oxygens (including phenoxy) is 1. The summed E-state index contributed by atoms with van der Waals surface area (Å²) in [6, 6.07) is 22.8. The Morgan fingerprint density at radius 1 is 0.970 bits per heavy atom. The van der Waals surface area contributed by atoms with E-state index in [1.54, 1.807) is 6.92 Å². The lowest BCUT2D eigenvalue weighted by Gasteiger charge is -2.19. The first-order valence-corrected chi connectivity index (χ1v) is 10.8. The quantitative estimate of drug-likeness (QED) is 0.395. The van der Waals surface area contributed by atoms with Crippen molar-refractivity contribution in [1.82, 2.24) is 5.32 Å². The van der Waals surface area contributed by atoms with Gasteiger partial charge in [-0.05, 0) is 35.2 Å². The Kier molecular flexibility index (Phi) is 5.34. The van der Waals surface area contributed by atoms with E-state index in [1.165, 1.54) is 0 Å². The Morgan fingerprint density at radius 2 is 1.58 bits per heavy atom. The van der Waals surface area contributed by atoms with Crippen LogP contribution in [0.5, 0.6) is 0 Å². The number of benzene rings is 3. The third-order valence-electron chi connectivity index (χ3n) is 6.18. The highest BCUT2D eigenvalue weighted by Gasteiger charge is 2.30. The van der Waals surface area contributed by atoms with Crippen LogP contribution in [-0.4, -0.2) is 23.8 Å². The summed E-state index contributed by atoms with van der Waals surface area (Å²) in [7, 11) is 0. The van der Waals surface area contributed by atoms with Gasteiger partial charge in [0.25, 0.3) is 0 Å². The molecule has 1 unspecified atom stereocenters. The minimum atomic E-state index is -1.02. The number of hydrogen-bond acceptors (Lipinski definition) is 4. The largest absolute Gasteiger partial charge is 0.481 e. The maximum Gasteiger partial charge on any atom is 0.407 e. The van der Waals surface area contributed by atoms with Gasteiger partial charge < -0.3 is 19.6 Å². The number of fused-ring (bicyclic) bond motifs is 4. The lowest BCUT2D eigenvalue weighted by molar-refractivity contribution is -0.137. The zero-order valence-electron chi connectivity index (χ0n) is 18.1. The van der Waals surface area contributed by atoms with Crippen molar-refractivity contribution in [2.75, 3.05) is 6.61 Å². The van der Waals surface area contributed by atoms with Crippen molar-refractivity contribution in [3.8, 4) is 11.1 Å². The van der Waals surface area contributed by atoms with Crippen LogP contribution >= 0.6 is 0 Å². The first-order chi connectivity index (χ1) is 16.0. The third kappa shape index (κ3) is 3.84. The summed E-state index contributed by atoms with van der Waals surface area (Å²) in [6.07, 6.45) is -0.943. The van der Waals surface area contributed by atoms with Crippen LogP contribution in [0.1, 0.15) is 40.8 Å². The molecule has 4 aromatic rings. The van der Waals surface area contributed by atoms with E-state index in [4.69, 9.17) is 9.15 Å². The molecule has 1 amide bonds. The first kappa shape index (κ1) is 20.8. The molecule has 0 saturated carbocycles. The van der Waals surface area contributed by atoms with Gasteiger partial charge in [0.15, 0.2) is 0 Å². The predicted molar refractivity (Wildman–Crippen MR) is 124 cm³/mol. The average molecular weight is 441 g/mol. The second-order valence-corrected chi connectivity index (χ2v) is 8.19. The number of aryl methyl sites for hydroxylation is 1. The van der Waals surface area contributed by atoms with E-state index < -0.39 is 18.1 Å². The highest BCUT2D eigenvalue weighted by Crippen LogP contribution is 2.44. The molecule has 0 saturated heterocycles. The Hall–Kier alpha value is -4.06. The molecule has 0 radical (unpaired) electrons. The molecule has 1 heterocycles. The number of hydrogen-bond donors (Lipinski definition) is 2. The van der Waals surface area contributed by atoms with Crippen molar-refractivity contribution in [2.24, 2.45) is 0 Å². The van der Waals surface area contributed by atoms with Crippen molar-refractivity contribution >= 4 is 23.0 Å². The van der Waals surface area contributed by atoms with Gasteiger partial charge in [-0.2, -0.15) is 0 Å². The summed E-state index contributed by atoms with van der Waals surface area (Å²) in [5.41, 5.74) is 5.82. The number of alkyl carbamates (subject to hydrolysis) is 1. The number of carbonyl (C=O) groups excluding carboxylic acids is 1. The fourth-order valence-corrected chi connectivity index (χ4v) is 4.80. The van der Waals surface area contributed by atoms with Gasteiger partial charge in [0.05, 0.1) is 12.5 Å². The van der Waals surface area contributed by atoms with Gasteiger partial charge in [0.1, 0.15) is 18.0 Å². The molecule has 6 heteroatoms. The molecule has 0 aliphatic heterocycles. The van der Waals surface area contributed by atoms with Crippen LogP contribution in [0.3, 0.4) is 0 Å². The van der Waals surface area contributed by atoms with Crippen molar-refractivity contribution < 1.29 is 23.8 Å². The second-order valence-electron chi connectivity index (χ2n) is 8.19. The number of carboxylic acids is 1. The molecule has 0 spiro atoms. The molecule has 2 N–H and O–H groups in total. The molecular weight excluding hydrogens is 418 g/mol. The highest BCUT2D eigenvalue weighted by molar-refractivity contribution is 5.85. The van der Waals surface area contributed by atoms with E-state index >= 15 is 0 Å². The fourth-order valence-electron chi connectivity index (χ4n) is 4.80. The SMILES string of the molecule is Cc1oc2ccccc2c1C(CC(=O)O)NC(=O)OCC1c2ccccc2-c2ccccc21. The summed E-state index contributed by atoms with van der Waals surface area (Å²) in [5.74, 6) is -0.525. The second kappa shape index (κ2) is 8.47. The van der Waals surface area contributed by atoms with Crippen molar-refractivity contribution in [3.05, 3.63) is 95.2 Å². The van der Waals surface area contributed by atoms with Gasteiger partial charge in [0, 0.05) is 16.9 Å². The number of carboxylic acid groups (broad SMARTS) is 1. The lowest BCUT2D eigenvalue weighted by Crippen LogP contribution is -2.32. The first-order valence-electron chi connectivity index (χ1n) is 10.8. The van der Waals surface area contributed by atoms with Crippen molar-refractivity contribution in [3.63, 3.8) is 0 Å². The van der Waals surface area contributed by atoms with Crippen LogP contribution in [0.25, 0.3) is 22.1 Å². The van der Waals surface area contributed by atoms with E-state index in [2.05, 4.69) is 29.6 Å². The maximum atomic E-state index is 12.8. The molecular formula is C27H23NO5. The molecule has 6 nitrogen and oxygen atoms in total. The van der Waals surface area contributed by atoms with Gasteiger partial charge in [-0.3, -0.25) is 4.79 Å². The predicted octanol–water partition coefficient (Wildman–Crippen LogP) is 5.80. The van der Waals surface area contributed by atoms with E-state index in [-0.39, 0.29) is 18.9 Å². The standard InChI is InChI=1S/C27H23NO5/c1-16-26(21-12-6-7-13-24(21)33-16)23(14-25(29)30)28-27(31)32-15-22-19-10-4-2-8-17(19)18-9-3-5-11-20(18)22/h2-13,22-23H,14-15H2,1H3,(H,28,31)(H,29,30). The smallest absolute Gasteiger partial charge is 0.407 e. The van der Waals surface area contributed by atoms with Gasteiger partial charge >= 0.3 is 12.1 Å². The maximum absolute atomic E-state index is 12.8. The fraction of sp³-hybridized carbons (Fsp3) is 0.185. The van der Waals surface area contributed by atoms with Crippen molar-refractivity contribution in [1.29, 1.82) is 0 Å². The Bertz CT molecular complexity index is 1310. The minimum absolute atomic E-state index is 0.0717. The van der Waals surface area contributed by atoms with Crippen LogP contribution < -0.4 is 5.32 Å². The van der Waals surface area contributed by atoms with Gasteiger partial charge in [0.2, 0.25) is 0 Å². The summed E-state index contributed by atoms with van der Waals surface area (Å²) in [5, 5.41) is 13.0. The number of nitrogens with one attached hydrogen (secondary N) is 1. The summed E-state index contributed by atoms with van der Waals surface area (Å²) in [6.45, 7) is 1.92. The van der Waals surface area contributed by atoms with Crippen LogP contribution in [0.2, 0.25) is 0 Å². The van der Waals surface area contributed by atoms with Gasteiger partial charge in [-0.15, -0.1) is 0 Å². The minimum Gasteiger partial charge on any atom is -0.481 e. The van der Waals surface area contributed by atoms with E-state index in [1.807, 2.05) is 48.5 Å². The number of para-hydroxylation sites is 1. The zero-order valence-corrected chi connectivity index (χ0v) is 18.1. The molecule has 0 fully saturated rings. The Labute approximate surface area is 190 Å². The molecule has 1 aliphatic rings.